The van der Waals surface area contributed by atoms with Gasteiger partial charge in [-0.3, -0.25) is 14.3 Å². The summed E-state index contributed by atoms with van der Waals surface area (Å²) in [5.41, 5.74) is 5.31. The van der Waals surface area contributed by atoms with Crippen LogP contribution in [0.4, 0.5) is 0 Å². The zero-order valence-corrected chi connectivity index (χ0v) is 10.3. The van der Waals surface area contributed by atoms with E-state index in [1.807, 2.05) is 6.92 Å². The number of carbonyl (C=O) groups excluding carboxylic acids is 2. The number of rotatable bonds is 5. The average molecular weight is 251 g/mol. The van der Waals surface area contributed by atoms with Crippen LogP contribution in [0, 0.1) is 5.92 Å². The summed E-state index contributed by atoms with van der Waals surface area (Å²) >= 11 is 0. The van der Waals surface area contributed by atoms with E-state index in [-0.39, 0.29) is 11.8 Å². The summed E-state index contributed by atoms with van der Waals surface area (Å²) in [5.74, 6) is -0.286. The first kappa shape index (κ1) is 12.5. The molecule has 0 spiro atoms. The number of primary amides is 1. The van der Waals surface area contributed by atoms with E-state index in [4.69, 9.17) is 5.73 Å². The summed E-state index contributed by atoms with van der Waals surface area (Å²) in [7, 11) is 0. The van der Waals surface area contributed by atoms with Crippen molar-refractivity contribution in [1.29, 1.82) is 0 Å². The molecule has 0 saturated carbocycles. The highest BCUT2D eigenvalue weighted by Crippen LogP contribution is 2.22. The SMILES string of the molecule is CC[C@@H](C(N)=O)N1CC(Cn2cncn2)CC1=O. The van der Waals surface area contributed by atoms with Crippen LogP contribution in [0.5, 0.6) is 0 Å². The Labute approximate surface area is 105 Å². The van der Waals surface area contributed by atoms with Crippen molar-refractivity contribution >= 4 is 11.8 Å². The summed E-state index contributed by atoms with van der Waals surface area (Å²) < 4.78 is 1.70. The molecule has 7 nitrogen and oxygen atoms in total. The first-order valence-corrected chi connectivity index (χ1v) is 6.03. The lowest BCUT2D eigenvalue weighted by Crippen LogP contribution is -2.45. The van der Waals surface area contributed by atoms with Crippen LogP contribution in [-0.2, 0) is 16.1 Å². The maximum absolute atomic E-state index is 11.9. The van der Waals surface area contributed by atoms with Gasteiger partial charge >= 0.3 is 0 Å². The molecule has 18 heavy (non-hydrogen) atoms. The van der Waals surface area contributed by atoms with Crippen molar-refractivity contribution in [1.82, 2.24) is 19.7 Å². The lowest BCUT2D eigenvalue weighted by atomic mass is 10.1. The van der Waals surface area contributed by atoms with Crippen LogP contribution in [0.15, 0.2) is 12.7 Å². The molecular weight excluding hydrogens is 234 g/mol. The molecular formula is C11H17N5O2. The average Bonchev–Trinajstić information content (AvgIpc) is 2.91. The fraction of sp³-hybridized carbons (Fsp3) is 0.636. The third-order valence-electron chi connectivity index (χ3n) is 3.24. The minimum atomic E-state index is -0.488. The number of hydrogen-bond donors (Lipinski definition) is 1. The third kappa shape index (κ3) is 2.49. The second-order valence-electron chi connectivity index (χ2n) is 4.56. The molecule has 7 heteroatoms. The lowest BCUT2D eigenvalue weighted by molar-refractivity contribution is -0.136. The van der Waals surface area contributed by atoms with Gasteiger partial charge in [-0.15, -0.1) is 0 Å². The van der Waals surface area contributed by atoms with Crippen LogP contribution in [-0.4, -0.2) is 44.1 Å². The van der Waals surface area contributed by atoms with Gasteiger partial charge in [0.2, 0.25) is 11.8 Å². The Morgan fingerprint density at radius 1 is 1.67 bits per heavy atom. The highest BCUT2D eigenvalue weighted by molar-refractivity contribution is 5.87. The number of nitrogens with two attached hydrogens (primary N) is 1. The van der Waals surface area contributed by atoms with Gasteiger partial charge in [-0.05, 0) is 6.42 Å². The van der Waals surface area contributed by atoms with Gasteiger partial charge in [-0.1, -0.05) is 6.92 Å². The highest BCUT2D eigenvalue weighted by Gasteiger charge is 2.36. The van der Waals surface area contributed by atoms with Gasteiger partial charge in [-0.2, -0.15) is 5.10 Å². The Hall–Kier alpha value is -1.92. The van der Waals surface area contributed by atoms with Crippen molar-refractivity contribution in [2.45, 2.75) is 32.4 Å². The van der Waals surface area contributed by atoms with Crippen LogP contribution >= 0.6 is 0 Å². The Kier molecular flexibility index (Phi) is 3.59. The Bertz CT molecular complexity index is 431. The maximum atomic E-state index is 11.9. The second-order valence-corrected chi connectivity index (χ2v) is 4.56. The van der Waals surface area contributed by atoms with Crippen LogP contribution in [0.25, 0.3) is 0 Å². The molecule has 1 aromatic heterocycles. The molecule has 2 N–H and O–H groups in total. The molecule has 0 radical (unpaired) electrons. The van der Waals surface area contributed by atoms with E-state index >= 15 is 0 Å². The smallest absolute Gasteiger partial charge is 0.240 e. The Morgan fingerprint density at radius 3 is 3.00 bits per heavy atom. The molecule has 0 aromatic carbocycles. The van der Waals surface area contributed by atoms with E-state index in [1.54, 1.807) is 15.9 Å². The predicted octanol–water partition coefficient (Wildman–Crippen LogP) is -0.609. The zero-order chi connectivity index (χ0) is 13.1. The van der Waals surface area contributed by atoms with Crippen molar-refractivity contribution in [2.75, 3.05) is 6.54 Å². The fourth-order valence-corrected chi connectivity index (χ4v) is 2.40. The zero-order valence-electron chi connectivity index (χ0n) is 10.3. The van der Waals surface area contributed by atoms with Gasteiger partial charge in [0.25, 0.3) is 0 Å². The van der Waals surface area contributed by atoms with Gasteiger partial charge in [0.1, 0.15) is 18.7 Å². The highest BCUT2D eigenvalue weighted by atomic mass is 16.2. The molecule has 1 unspecified atom stereocenters. The molecule has 2 heterocycles. The van der Waals surface area contributed by atoms with Crippen molar-refractivity contribution in [3.05, 3.63) is 12.7 Å². The number of nitrogens with zero attached hydrogens (tertiary/aromatic N) is 4. The summed E-state index contributed by atoms with van der Waals surface area (Å²) in [4.78, 5) is 28.6. The van der Waals surface area contributed by atoms with E-state index in [1.165, 1.54) is 6.33 Å². The standard InChI is InChI=1S/C11H17N5O2/c1-2-9(11(12)18)16-5-8(3-10(16)17)4-15-7-13-6-14-15/h6-9H,2-5H2,1H3,(H2,12,18)/t8?,9-/m0/s1. The van der Waals surface area contributed by atoms with E-state index in [0.29, 0.717) is 25.9 Å². The van der Waals surface area contributed by atoms with E-state index in [2.05, 4.69) is 10.1 Å². The summed E-state index contributed by atoms with van der Waals surface area (Å²) in [5, 5.41) is 4.01. The van der Waals surface area contributed by atoms with Crippen LogP contribution < -0.4 is 5.73 Å². The summed E-state index contributed by atoms with van der Waals surface area (Å²) in [6, 6.07) is -0.488. The molecule has 2 atom stereocenters. The number of aromatic nitrogens is 3. The van der Waals surface area contributed by atoms with Crippen molar-refractivity contribution in [3.8, 4) is 0 Å². The number of likely N-dealkylation sites (tertiary alicyclic amines) is 1. The molecule has 1 saturated heterocycles. The predicted molar refractivity (Wildman–Crippen MR) is 63.1 cm³/mol. The summed E-state index contributed by atoms with van der Waals surface area (Å²) in [6.07, 6.45) is 4.08. The molecule has 0 aliphatic carbocycles. The van der Waals surface area contributed by atoms with Gasteiger partial charge in [0, 0.05) is 25.4 Å². The molecule has 2 rings (SSSR count). The normalized spacial score (nSPS) is 21.3. The minimum absolute atomic E-state index is 0.00855. The third-order valence-corrected chi connectivity index (χ3v) is 3.24. The quantitative estimate of drug-likeness (QED) is 0.755. The summed E-state index contributed by atoms with van der Waals surface area (Å²) in [6.45, 7) is 3.05. The first-order chi connectivity index (χ1) is 8.61. The molecule has 1 aliphatic heterocycles. The second kappa shape index (κ2) is 5.16. The largest absolute Gasteiger partial charge is 0.368 e. The maximum Gasteiger partial charge on any atom is 0.240 e. The number of hydrogen-bond acceptors (Lipinski definition) is 4. The van der Waals surface area contributed by atoms with E-state index < -0.39 is 11.9 Å². The molecule has 2 amide bonds. The van der Waals surface area contributed by atoms with Crippen LogP contribution in [0.3, 0.4) is 0 Å². The van der Waals surface area contributed by atoms with Crippen molar-refractivity contribution in [2.24, 2.45) is 11.7 Å². The van der Waals surface area contributed by atoms with Crippen LogP contribution in [0.1, 0.15) is 19.8 Å². The van der Waals surface area contributed by atoms with Crippen molar-refractivity contribution in [3.63, 3.8) is 0 Å². The monoisotopic (exact) mass is 251 g/mol. The van der Waals surface area contributed by atoms with Gasteiger partial charge in [0.05, 0.1) is 0 Å². The van der Waals surface area contributed by atoms with E-state index in [0.717, 1.165) is 0 Å². The fourth-order valence-electron chi connectivity index (χ4n) is 2.40. The van der Waals surface area contributed by atoms with Gasteiger partial charge in [0.15, 0.2) is 0 Å². The number of carbonyl (C=O) groups is 2. The molecule has 1 aromatic rings. The van der Waals surface area contributed by atoms with E-state index in [9.17, 15) is 9.59 Å². The molecule has 1 aliphatic rings. The van der Waals surface area contributed by atoms with Crippen molar-refractivity contribution < 1.29 is 9.59 Å². The first-order valence-electron chi connectivity index (χ1n) is 6.03. The topological polar surface area (TPSA) is 94.1 Å². The molecule has 98 valence electrons. The van der Waals surface area contributed by atoms with Gasteiger partial charge < -0.3 is 10.6 Å². The van der Waals surface area contributed by atoms with Gasteiger partial charge in [-0.25, -0.2) is 4.98 Å². The van der Waals surface area contributed by atoms with Crippen LogP contribution in [0.2, 0.25) is 0 Å². The minimum Gasteiger partial charge on any atom is -0.368 e. The Balaban J connectivity index is 2.00. The molecule has 0 bridgehead atoms. The Morgan fingerprint density at radius 2 is 2.44 bits per heavy atom. The molecule has 1 fully saturated rings. The number of amides is 2. The lowest BCUT2D eigenvalue weighted by Gasteiger charge is -2.24.